The second-order valence-corrected chi connectivity index (χ2v) is 6.13. The summed E-state index contributed by atoms with van der Waals surface area (Å²) in [7, 11) is 2.96. The van der Waals surface area contributed by atoms with E-state index in [0.29, 0.717) is 35.3 Å². The zero-order chi connectivity index (χ0) is 18.4. The highest BCUT2D eigenvalue weighted by molar-refractivity contribution is 6.32. The SMILES string of the molecule is CCN1CCN(C(=O)CC(=O)Nc2cc(OC)c(Cl)cc2OC)CC1. The number of piperazine rings is 1. The molecule has 0 saturated carbocycles. The topological polar surface area (TPSA) is 71.1 Å². The van der Waals surface area contributed by atoms with Crippen molar-refractivity contribution in [1.82, 2.24) is 9.80 Å². The molecule has 0 spiro atoms. The molecule has 0 bridgehead atoms. The Morgan fingerprint density at radius 1 is 1.12 bits per heavy atom. The second kappa shape index (κ2) is 8.92. The summed E-state index contributed by atoms with van der Waals surface area (Å²) in [6, 6.07) is 3.13. The molecule has 8 heteroatoms. The van der Waals surface area contributed by atoms with Crippen molar-refractivity contribution in [2.75, 3.05) is 52.3 Å². The second-order valence-electron chi connectivity index (χ2n) is 5.73. The van der Waals surface area contributed by atoms with Crippen LogP contribution >= 0.6 is 11.6 Å². The number of amides is 2. The van der Waals surface area contributed by atoms with Crippen molar-refractivity contribution in [3.63, 3.8) is 0 Å². The number of nitrogens with zero attached hydrogens (tertiary/aromatic N) is 2. The van der Waals surface area contributed by atoms with Crippen LogP contribution in [0.4, 0.5) is 5.69 Å². The van der Waals surface area contributed by atoms with Crippen LogP contribution in [0, 0.1) is 0 Å². The number of hydrogen-bond donors (Lipinski definition) is 1. The lowest BCUT2D eigenvalue weighted by atomic mass is 10.2. The summed E-state index contributed by atoms with van der Waals surface area (Å²) in [5.74, 6) is 0.252. The molecule has 138 valence electrons. The summed E-state index contributed by atoms with van der Waals surface area (Å²) in [4.78, 5) is 28.5. The van der Waals surface area contributed by atoms with Gasteiger partial charge in [0.2, 0.25) is 11.8 Å². The Morgan fingerprint density at radius 2 is 1.76 bits per heavy atom. The van der Waals surface area contributed by atoms with Gasteiger partial charge in [-0.2, -0.15) is 0 Å². The van der Waals surface area contributed by atoms with Gasteiger partial charge in [-0.15, -0.1) is 0 Å². The van der Waals surface area contributed by atoms with E-state index in [1.165, 1.54) is 14.2 Å². The molecule has 1 aromatic carbocycles. The van der Waals surface area contributed by atoms with Crippen molar-refractivity contribution in [2.24, 2.45) is 0 Å². The van der Waals surface area contributed by atoms with Crippen molar-refractivity contribution in [3.05, 3.63) is 17.2 Å². The number of methoxy groups -OCH3 is 2. The minimum atomic E-state index is -0.398. The van der Waals surface area contributed by atoms with Crippen LogP contribution in [-0.4, -0.2) is 68.6 Å². The van der Waals surface area contributed by atoms with E-state index in [0.717, 1.165) is 19.6 Å². The number of carbonyl (C=O) groups excluding carboxylic acids is 2. The molecule has 7 nitrogen and oxygen atoms in total. The van der Waals surface area contributed by atoms with Crippen LogP contribution in [0.15, 0.2) is 12.1 Å². The Kier molecular flexibility index (Phi) is 6.90. The van der Waals surface area contributed by atoms with Crippen molar-refractivity contribution in [1.29, 1.82) is 0 Å². The Balaban J connectivity index is 1.97. The van der Waals surface area contributed by atoms with E-state index in [-0.39, 0.29) is 12.3 Å². The van der Waals surface area contributed by atoms with Crippen molar-refractivity contribution in [3.8, 4) is 11.5 Å². The summed E-state index contributed by atoms with van der Waals surface area (Å²) in [6.45, 7) is 6.05. The van der Waals surface area contributed by atoms with Crippen LogP contribution in [0.25, 0.3) is 0 Å². The van der Waals surface area contributed by atoms with Crippen LogP contribution in [0.2, 0.25) is 5.02 Å². The molecule has 1 saturated heterocycles. The summed E-state index contributed by atoms with van der Waals surface area (Å²) in [5, 5.41) is 3.07. The number of halogens is 1. The fraction of sp³-hybridized carbons (Fsp3) is 0.529. The number of likely N-dealkylation sites (N-methyl/N-ethyl adjacent to an activating group) is 1. The van der Waals surface area contributed by atoms with Gasteiger partial charge in [-0.25, -0.2) is 0 Å². The zero-order valence-electron chi connectivity index (χ0n) is 14.8. The van der Waals surface area contributed by atoms with Gasteiger partial charge in [0.05, 0.1) is 24.9 Å². The molecule has 1 heterocycles. The fourth-order valence-corrected chi connectivity index (χ4v) is 2.95. The van der Waals surface area contributed by atoms with Gasteiger partial charge in [0, 0.05) is 38.3 Å². The van der Waals surface area contributed by atoms with Gasteiger partial charge >= 0.3 is 0 Å². The Hall–Kier alpha value is -1.99. The third-order valence-electron chi connectivity index (χ3n) is 4.23. The Morgan fingerprint density at radius 3 is 2.32 bits per heavy atom. The average molecular weight is 370 g/mol. The predicted molar refractivity (Wildman–Crippen MR) is 96.5 cm³/mol. The monoisotopic (exact) mass is 369 g/mol. The van der Waals surface area contributed by atoms with Crippen LogP contribution in [0.5, 0.6) is 11.5 Å². The number of rotatable bonds is 6. The molecule has 1 aromatic rings. The smallest absolute Gasteiger partial charge is 0.233 e. The molecule has 1 N–H and O–H groups in total. The number of nitrogens with one attached hydrogen (secondary N) is 1. The lowest BCUT2D eigenvalue weighted by molar-refractivity contribution is -0.136. The molecule has 0 atom stereocenters. The number of ether oxygens (including phenoxy) is 2. The number of hydrogen-bond acceptors (Lipinski definition) is 5. The molecule has 2 amide bonds. The van der Waals surface area contributed by atoms with Crippen LogP contribution in [0.1, 0.15) is 13.3 Å². The van der Waals surface area contributed by atoms with Gasteiger partial charge in [0.15, 0.2) is 0 Å². The quantitative estimate of drug-likeness (QED) is 0.775. The van der Waals surface area contributed by atoms with E-state index < -0.39 is 5.91 Å². The van der Waals surface area contributed by atoms with E-state index in [9.17, 15) is 9.59 Å². The summed E-state index contributed by atoms with van der Waals surface area (Å²) in [5.41, 5.74) is 0.414. The average Bonchev–Trinajstić information content (AvgIpc) is 2.62. The van der Waals surface area contributed by atoms with Crippen LogP contribution in [-0.2, 0) is 9.59 Å². The Labute approximate surface area is 152 Å². The van der Waals surface area contributed by atoms with Crippen molar-refractivity contribution < 1.29 is 19.1 Å². The third kappa shape index (κ3) is 4.99. The molecular formula is C17H24ClN3O4. The maximum absolute atomic E-state index is 12.3. The minimum absolute atomic E-state index is 0.173. The summed E-state index contributed by atoms with van der Waals surface area (Å²) in [6.07, 6.45) is -0.208. The van der Waals surface area contributed by atoms with Crippen LogP contribution < -0.4 is 14.8 Å². The molecule has 0 aliphatic carbocycles. The molecule has 0 unspecified atom stereocenters. The van der Waals surface area contributed by atoms with Gasteiger partial charge in [0.1, 0.15) is 17.9 Å². The fourth-order valence-electron chi connectivity index (χ4n) is 2.72. The van der Waals surface area contributed by atoms with E-state index >= 15 is 0 Å². The maximum atomic E-state index is 12.3. The van der Waals surface area contributed by atoms with Gasteiger partial charge in [0.25, 0.3) is 0 Å². The van der Waals surface area contributed by atoms with E-state index in [1.807, 2.05) is 0 Å². The van der Waals surface area contributed by atoms with Crippen molar-refractivity contribution in [2.45, 2.75) is 13.3 Å². The first kappa shape index (κ1) is 19.3. The molecule has 1 aliphatic rings. The standard InChI is InChI=1S/C17H24ClN3O4/c1-4-20-5-7-21(8-6-20)17(23)11-16(22)19-13-10-14(24-2)12(18)9-15(13)25-3/h9-10H,4-8,11H2,1-3H3,(H,19,22). The number of anilines is 1. The molecular weight excluding hydrogens is 346 g/mol. The lowest BCUT2D eigenvalue weighted by Gasteiger charge is -2.34. The highest BCUT2D eigenvalue weighted by atomic mass is 35.5. The largest absolute Gasteiger partial charge is 0.495 e. The van der Waals surface area contributed by atoms with Gasteiger partial charge in [-0.1, -0.05) is 18.5 Å². The molecule has 2 rings (SSSR count). The first-order valence-electron chi connectivity index (χ1n) is 8.20. The summed E-state index contributed by atoms with van der Waals surface area (Å²) < 4.78 is 10.4. The number of benzene rings is 1. The Bertz CT molecular complexity index is 631. The zero-order valence-corrected chi connectivity index (χ0v) is 15.6. The lowest BCUT2D eigenvalue weighted by Crippen LogP contribution is -2.49. The van der Waals surface area contributed by atoms with E-state index in [4.69, 9.17) is 21.1 Å². The number of carbonyl (C=O) groups is 2. The molecule has 1 aliphatic heterocycles. The molecule has 0 radical (unpaired) electrons. The molecule has 25 heavy (non-hydrogen) atoms. The van der Waals surface area contributed by atoms with Crippen molar-refractivity contribution >= 4 is 29.1 Å². The summed E-state index contributed by atoms with van der Waals surface area (Å²) >= 11 is 6.04. The highest BCUT2D eigenvalue weighted by Crippen LogP contribution is 2.35. The minimum Gasteiger partial charge on any atom is -0.495 e. The van der Waals surface area contributed by atoms with Gasteiger partial charge < -0.3 is 24.6 Å². The molecule has 0 aromatic heterocycles. The van der Waals surface area contributed by atoms with Gasteiger partial charge in [-0.05, 0) is 6.54 Å². The highest BCUT2D eigenvalue weighted by Gasteiger charge is 2.22. The normalized spacial score (nSPS) is 15.0. The predicted octanol–water partition coefficient (Wildman–Crippen LogP) is 1.85. The molecule has 1 fully saturated rings. The first-order chi connectivity index (χ1) is 12.0. The first-order valence-corrected chi connectivity index (χ1v) is 8.57. The maximum Gasteiger partial charge on any atom is 0.233 e. The third-order valence-corrected chi connectivity index (χ3v) is 4.53. The van der Waals surface area contributed by atoms with E-state index in [2.05, 4.69) is 17.1 Å². The van der Waals surface area contributed by atoms with Gasteiger partial charge in [-0.3, -0.25) is 9.59 Å². The van der Waals surface area contributed by atoms with Crippen LogP contribution in [0.3, 0.4) is 0 Å². The van der Waals surface area contributed by atoms with E-state index in [1.54, 1.807) is 17.0 Å².